The highest BCUT2D eigenvalue weighted by Crippen LogP contribution is 2.00. The Hall–Kier alpha value is -1.17. The van der Waals surface area contributed by atoms with Crippen LogP contribution in [-0.4, -0.2) is 40.1 Å². The van der Waals surface area contributed by atoms with Crippen LogP contribution in [-0.2, 0) is 9.59 Å². The quantitative estimate of drug-likeness (QED) is 0.566. The van der Waals surface area contributed by atoms with E-state index in [2.05, 4.69) is 5.32 Å². The van der Waals surface area contributed by atoms with Crippen molar-refractivity contribution in [1.82, 2.24) is 10.2 Å². The second kappa shape index (κ2) is 3.48. The van der Waals surface area contributed by atoms with Crippen molar-refractivity contribution < 1.29 is 14.7 Å². The third-order valence-corrected chi connectivity index (χ3v) is 1.85. The summed E-state index contributed by atoms with van der Waals surface area (Å²) in [6.45, 7) is 0.332. The molecule has 1 amide bonds. The van der Waals surface area contributed by atoms with E-state index in [1.165, 1.54) is 4.90 Å². The lowest BCUT2D eigenvalue weighted by Gasteiger charge is -2.11. The zero-order chi connectivity index (χ0) is 9.14. The standard InChI is InChI=1S/C6H8N2O3S/c9-4-3-7-6(12)8(4)2-1-5(10)11/h1-3H2,(H,7,12)(H,10,11). The summed E-state index contributed by atoms with van der Waals surface area (Å²) in [6, 6.07) is 0. The first-order valence-electron chi connectivity index (χ1n) is 3.41. The molecule has 1 heterocycles. The van der Waals surface area contributed by atoms with Crippen molar-refractivity contribution in [3.8, 4) is 0 Å². The molecule has 0 saturated carbocycles. The zero-order valence-electron chi connectivity index (χ0n) is 6.24. The number of rotatable bonds is 3. The van der Waals surface area contributed by atoms with Crippen molar-refractivity contribution in [3.63, 3.8) is 0 Å². The SMILES string of the molecule is O=C(O)CCN1C(=O)CNC1=S. The van der Waals surface area contributed by atoms with Gasteiger partial charge in [-0.05, 0) is 12.2 Å². The monoisotopic (exact) mass is 188 g/mol. The van der Waals surface area contributed by atoms with Crippen LogP contribution in [0.2, 0.25) is 0 Å². The fraction of sp³-hybridized carbons (Fsp3) is 0.500. The summed E-state index contributed by atoms with van der Waals surface area (Å²) >= 11 is 4.77. The molecule has 0 unspecified atom stereocenters. The van der Waals surface area contributed by atoms with Gasteiger partial charge in [0.2, 0.25) is 5.91 Å². The molecule has 0 bridgehead atoms. The van der Waals surface area contributed by atoms with Gasteiger partial charge in [-0.15, -0.1) is 0 Å². The maximum absolute atomic E-state index is 11.0. The van der Waals surface area contributed by atoms with Crippen molar-refractivity contribution in [2.45, 2.75) is 6.42 Å². The van der Waals surface area contributed by atoms with Crippen LogP contribution in [0.4, 0.5) is 0 Å². The summed E-state index contributed by atoms with van der Waals surface area (Å²) in [6.07, 6.45) is -0.0758. The van der Waals surface area contributed by atoms with Crippen LogP contribution in [0.25, 0.3) is 0 Å². The lowest BCUT2D eigenvalue weighted by Crippen LogP contribution is -2.32. The molecule has 0 spiro atoms. The lowest BCUT2D eigenvalue weighted by atomic mass is 10.4. The van der Waals surface area contributed by atoms with Gasteiger partial charge in [-0.3, -0.25) is 14.5 Å². The van der Waals surface area contributed by atoms with Crippen LogP contribution in [0.5, 0.6) is 0 Å². The topological polar surface area (TPSA) is 69.6 Å². The molecule has 5 nitrogen and oxygen atoms in total. The van der Waals surface area contributed by atoms with Crippen LogP contribution in [0, 0.1) is 0 Å². The van der Waals surface area contributed by atoms with Crippen molar-refractivity contribution in [3.05, 3.63) is 0 Å². The van der Waals surface area contributed by atoms with Gasteiger partial charge in [-0.2, -0.15) is 0 Å². The largest absolute Gasteiger partial charge is 0.481 e. The van der Waals surface area contributed by atoms with Crippen LogP contribution in [0.1, 0.15) is 6.42 Å². The van der Waals surface area contributed by atoms with Crippen LogP contribution in [0.3, 0.4) is 0 Å². The Morgan fingerprint density at radius 1 is 1.75 bits per heavy atom. The maximum atomic E-state index is 11.0. The number of carboxylic acids is 1. The van der Waals surface area contributed by atoms with Crippen molar-refractivity contribution >= 4 is 29.2 Å². The first-order valence-corrected chi connectivity index (χ1v) is 3.82. The van der Waals surface area contributed by atoms with E-state index < -0.39 is 5.97 Å². The van der Waals surface area contributed by atoms with Gasteiger partial charge in [-0.25, -0.2) is 0 Å². The van der Waals surface area contributed by atoms with Crippen molar-refractivity contribution in [1.29, 1.82) is 0 Å². The minimum atomic E-state index is -0.933. The molecule has 1 aliphatic rings. The summed E-state index contributed by atoms with van der Waals surface area (Å²) < 4.78 is 0. The van der Waals surface area contributed by atoms with E-state index in [4.69, 9.17) is 17.3 Å². The molecule has 0 aliphatic carbocycles. The highest BCUT2D eigenvalue weighted by atomic mass is 32.1. The van der Waals surface area contributed by atoms with Crippen LogP contribution < -0.4 is 5.32 Å². The number of nitrogens with one attached hydrogen (secondary N) is 1. The van der Waals surface area contributed by atoms with E-state index in [9.17, 15) is 9.59 Å². The second-order valence-electron chi connectivity index (χ2n) is 2.35. The number of aliphatic carboxylic acids is 1. The number of carboxylic acid groups (broad SMARTS) is 1. The highest BCUT2D eigenvalue weighted by Gasteiger charge is 2.24. The molecule has 2 N–H and O–H groups in total. The molecule has 0 aromatic rings. The number of thiocarbonyl (C=S) groups is 1. The predicted molar refractivity (Wildman–Crippen MR) is 44.6 cm³/mol. The molecule has 12 heavy (non-hydrogen) atoms. The van der Waals surface area contributed by atoms with Gasteiger partial charge in [0.1, 0.15) is 0 Å². The third-order valence-electron chi connectivity index (χ3n) is 1.49. The fourth-order valence-electron chi connectivity index (χ4n) is 0.889. The molecule has 6 heteroatoms. The Labute approximate surface area is 74.3 Å². The van der Waals surface area contributed by atoms with Gasteiger partial charge < -0.3 is 10.4 Å². The minimum absolute atomic E-state index is 0.0758. The van der Waals surface area contributed by atoms with Crippen molar-refractivity contribution in [2.24, 2.45) is 0 Å². The van der Waals surface area contributed by atoms with E-state index in [-0.39, 0.29) is 25.4 Å². The molecule has 1 saturated heterocycles. The normalized spacial score (nSPS) is 16.5. The van der Waals surface area contributed by atoms with Crippen molar-refractivity contribution in [2.75, 3.05) is 13.1 Å². The smallest absolute Gasteiger partial charge is 0.305 e. The molecule has 1 rings (SSSR count). The number of carbonyl (C=O) groups excluding carboxylic acids is 1. The van der Waals surface area contributed by atoms with Gasteiger partial charge >= 0.3 is 5.97 Å². The van der Waals surface area contributed by atoms with E-state index in [0.717, 1.165) is 0 Å². The van der Waals surface area contributed by atoms with E-state index >= 15 is 0 Å². The minimum Gasteiger partial charge on any atom is -0.481 e. The predicted octanol–water partition coefficient (Wildman–Crippen LogP) is -0.822. The molecular formula is C6H8N2O3S. The molecule has 1 aliphatic heterocycles. The average Bonchev–Trinajstić information content (AvgIpc) is 2.28. The average molecular weight is 188 g/mol. The Morgan fingerprint density at radius 2 is 2.42 bits per heavy atom. The summed E-state index contributed by atoms with van der Waals surface area (Å²) in [5, 5.41) is 11.3. The first-order chi connectivity index (χ1) is 5.61. The van der Waals surface area contributed by atoms with Gasteiger partial charge in [0.25, 0.3) is 0 Å². The first kappa shape index (κ1) is 8.92. The third kappa shape index (κ3) is 1.91. The van der Waals surface area contributed by atoms with Crippen LogP contribution >= 0.6 is 12.2 Å². The van der Waals surface area contributed by atoms with E-state index in [1.807, 2.05) is 0 Å². The summed E-state index contributed by atoms with van der Waals surface area (Å²) in [5.74, 6) is -1.10. The second-order valence-corrected chi connectivity index (χ2v) is 2.73. The van der Waals surface area contributed by atoms with Crippen LogP contribution in [0.15, 0.2) is 0 Å². The van der Waals surface area contributed by atoms with Gasteiger partial charge in [0.15, 0.2) is 5.11 Å². The number of nitrogens with zero attached hydrogens (tertiary/aromatic N) is 1. The van der Waals surface area contributed by atoms with E-state index in [1.54, 1.807) is 0 Å². The number of amides is 1. The Morgan fingerprint density at radius 3 is 2.83 bits per heavy atom. The van der Waals surface area contributed by atoms with Gasteiger partial charge in [-0.1, -0.05) is 0 Å². The molecule has 0 aromatic heterocycles. The molecule has 0 atom stereocenters. The lowest BCUT2D eigenvalue weighted by molar-refractivity contribution is -0.137. The molecular weight excluding hydrogens is 180 g/mol. The Bertz CT molecular complexity index is 225. The highest BCUT2D eigenvalue weighted by molar-refractivity contribution is 7.80. The Kier molecular flexibility index (Phi) is 2.59. The zero-order valence-corrected chi connectivity index (χ0v) is 7.06. The summed E-state index contributed by atoms with van der Waals surface area (Å²) in [5.41, 5.74) is 0. The molecule has 0 aromatic carbocycles. The summed E-state index contributed by atoms with van der Waals surface area (Å²) in [4.78, 5) is 22.4. The number of hydrogen-bond donors (Lipinski definition) is 2. The Balaban J connectivity index is 2.45. The van der Waals surface area contributed by atoms with E-state index in [0.29, 0.717) is 5.11 Å². The number of carbonyl (C=O) groups is 2. The maximum Gasteiger partial charge on any atom is 0.305 e. The summed E-state index contributed by atoms with van der Waals surface area (Å²) in [7, 11) is 0. The van der Waals surface area contributed by atoms with Gasteiger partial charge in [0.05, 0.1) is 13.0 Å². The molecule has 1 fully saturated rings. The molecule has 66 valence electrons. The number of hydrogen-bond acceptors (Lipinski definition) is 3. The van der Waals surface area contributed by atoms with Gasteiger partial charge in [0, 0.05) is 6.54 Å². The fourth-order valence-corrected chi connectivity index (χ4v) is 1.15. The molecule has 0 radical (unpaired) electrons.